The van der Waals surface area contributed by atoms with Gasteiger partial charge in [0.1, 0.15) is 5.01 Å². The van der Waals surface area contributed by atoms with Gasteiger partial charge in [-0.2, -0.15) is 8.42 Å². The summed E-state index contributed by atoms with van der Waals surface area (Å²) < 4.78 is 32.5. The van der Waals surface area contributed by atoms with E-state index in [0.717, 1.165) is 16.3 Å². The number of aryl methyl sites for hydroxylation is 1. The molecule has 1 aromatic carbocycles. The minimum atomic E-state index is -4.30. The van der Waals surface area contributed by atoms with Gasteiger partial charge >= 0.3 is 10.3 Å². The zero-order valence-electron chi connectivity index (χ0n) is 15.1. The maximum atomic E-state index is 12.4. The van der Waals surface area contributed by atoms with Crippen LogP contribution in [0.3, 0.4) is 0 Å². The Hall–Kier alpha value is -1.97. The predicted molar refractivity (Wildman–Crippen MR) is 103 cm³/mol. The number of thiazole rings is 1. The van der Waals surface area contributed by atoms with Crippen LogP contribution in [0.25, 0.3) is 0 Å². The average Bonchev–Trinajstić information content (AvgIpc) is 2.92. The molecule has 0 bridgehead atoms. The molecule has 0 aliphatic carbocycles. The molecule has 7 nitrogen and oxygen atoms in total. The molecular weight excluding hydrogens is 374 g/mol. The van der Waals surface area contributed by atoms with Gasteiger partial charge in [0.2, 0.25) is 5.91 Å². The van der Waals surface area contributed by atoms with E-state index in [1.165, 1.54) is 11.3 Å². The molecule has 1 amide bonds. The van der Waals surface area contributed by atoms with Gasteiger partial charge in [-0.1, -0.05) is 32.9 Å². The van der Waals surface area contributed by atoms with E-state index < -0.39 is 15.7 Å². The number of aromatic nitrogens is 1. The molecule has 0 radical (unpaired) electrons. The number of rotatable bonds is 6. The predicted octanol–water partition coefficient (Wildman–Crippen LogP) is 3.11. The Bertz CT molecular complexity index is 868. The van der Waals surface area contributed by atoms with Crippen LogP contribution in [0.1, 0.15) is 43.1 Å². The van der Waals surface area contributed by atoms with Crippen molar-refractivity contribution >= 4 is 33.2 Å². The van der Waals surface area contributed by atoms with Crippen LogP contribution in [-0.2, 0) is 21.5 Å². The molecule has 0 aliphatic rings. The first-order valence-corrected chi connectivity index (χ1v) is 10.3. The standard InChI is InChI=1S/C17H23N3O4S2/c1-11-10-25-15(18-11)14(19-16(21)17(2,3)4)9-12-5-7-13(8-6-12)20-26(22,23)24/h5-8,10,14,20H,9H2,1-4H3,(H,19,21)(H,22,23,24). The number of nitrogens with zero attached hydrogens (tertiary/aromatic N) is 1. The highest BCUT2D eigenvalue weighted by molar-refractivity contribution is 7.87. The first kappa shape index (κ1) is 20.3. The van der Waals surface area contributed by atoms with Gasteiger partial charge in [0, 0.05) is 16.5 Å². The molecule has 0 saturated heterocycles. The first-order chi connectivity index (χ1) is 11.9. The van der Waals surface area contributed by atoms with Gasteiger partial charge in [0.15, 0.2) is 0 Å². The number of carbonyl (C=O) groups is 1. The minimum absolute atomic E-state index is 0.0694. The lowest BCUT2D eigenvalue weighted by Gasteiger charge is -2.23. The summed E-state index contributed by atoms with van der Waals surface area (Å²) in [6.45, 7) is 7.45. The maximum absolute atomic E-state index is 12.4. The molecule has 142 valence electrons. The van der Waals surface area contributed by atoms with E-state index in [1.54, 1.807) is 24.3 Å². The van der Waals surface area contributed by atoms with Crippen molar-refractivity contribution in [1.29, 1.82) is 0 Å². The lowest BCUT2D eigenvalue weighted by atomic mass is 9.94. The SMILES string of the molecule is Cc1csc(C(Cc2ccc(NS(=O)(=O)O)cc2)NC(=O)C(C)(C)C)n1. The fourth-order valence-electron chi connectivity index (χ4n) is 2.20. The molecule has 0 spiro atoms. The molecule has 0 fully saturated rings. The van der Waals surface area contributed by atoms with Crippen molar-refractivity contribution < 1.29 is 17.8 Å². The fourth-order valence-corrected chi connectivity index (χ4v) is 3.48. The lowest BCUT2D eigenvalue weighted by molar-refractivity contribution is -0.129. The third-order valence-corrected chi connectivity index (χ3v) is 5.13. The Morgan fingerprint density at radius 2 is 1.88 bits per heavy atom. The fraction of sp³-hybridized carbons (Fsp3) is 0.412. The number of hydrogen-bond donors (Lipinski definition) is 3. The lowest BCUT2D eigenvalue weighted by Crippen LogP contribution is -2.38. The van der Waals surface area contributed by atoms with E-state index in [2.05, 4.69) is 10.3 Å². The Morgan fingerprint density at radius 3 is 2.35 bits per heavy atom. The Morgan fingerprint density at radius 1 is 1.27 bits per heavy atom. The van der Waals surface area contributed by atoms with E-state index in [9.17, 15) is 13.2 Å². The second-order valence-electron chi connectivity index (χ2n) is 7.08. The number of benzene rings is 1. The maximum Gasteiger partial charge on any atom is 0.357 e. The third-order valence-electron chi connectivity index (χ3n) is 3.56. The molecule has 26 heavy (non-hydrogen) atoms. The highest BCUT2D eigenvalue weighted by Crippen LogP contribution is 2.25. The highest BCUT2D eigenvalue weighted by Gasteiger charge is 2.26. The van der Waals surface area contributed by atoms with E-state index in [4.69, 9.17) is 4.55 Å². The van der Waals surface area contributed by atoms with E-state index in [0.29, 0.717) is 6.42 Å². The molecular formula is C17H23N3O4S2. The van der Waals surface area contributed by atoms with Gasteiger partial charge in [-0.05, 0) is 31.0 Å². The van der Waals surface area contributed by atoms with Crippen molar-refractivity contribution in [2.75, 3.05) is 4.72 Å². The average molecular weight is 398 g/mol. The monoisotopic (exact) mass is 397 g/mol. The molecule has 0 aliphatic heterocycles. The summed E-state index contributed by atoms with van der Waals surface area (Å²) in [6, 6.07) is 6.31. The summed E-state index contributed by atoms with van der Waals surface area (Å²) in [6.07, 6.45) is 0.515. The largest absolute Gasteiger partial charge is 0.357 e. The number of anilines is 1. The zero-order valence-corrected chi connectivity index (χ0v) is 16.7. The van der Waals surface area contributed by atoms with Gasteiger partial charge in [-0.3, -0.25) is 14.1 Å². The van der Waals surface area contributed by atoms with Crippen LogP contribution in [0.2, 0.25) is 0 Å². The van der Waals surface area contributed by atoms with Crippen LogP contribution in [0, 0.1) is 12.3 Å². The van der Waals surface area contributed by atoms with Crippen molar-refractivity contribution in [2.45, 2.75) is 40.2 Å². The molecule has 3 N–H and O–H groups in total. The Balaban J connectivity index is 2.19. The summed E-state index contributed by atoms with van der Waals surface area (Å²) in [7, 11) is -4.30. The zero-order chi connectivity index (χ0) is 19.5. The van der Waals surface area contributed by atoms with Crippen molar-refractivity contribution in [1.82, 2.24) is 10.3 Å². The number of nitrogens with one attached hydrogen (secondary N) is 2. The van der Waals surface area contributed by atoms with Gasteiger partial charge < -0.3 is 5.32 Å². The first-order valence-electron chi connectivity index (χ1n) is 8.01. The quantitative estimate of drug-likeness (QED) is 0.649. The van der Waals surface area contributed by atoms with Gasteiger partial charge in [-0.15, -0.1) is 11.3 Å². The minimum Gasteiger partial charge on any atom is -0.346 e. The highest BCUT2D eigenvalue weighted by atomic mass is 32.2. The molecule has 1 unspecified atom stereocenters. The van der Waals surface area contributed by atoms with Crippen LogP contribution < -0.4 is 10.0 Å². The van der Waals surface area contributed by atoms with Crippen LogP contribution in [0.5, 0.6) is 0 Å². The van der Waals surface area contributed by atoms with Crippen molar-refractivity contribution in [3.8, 4) is 0 Å². The normalized spacial score (nSPS) is 13.3. The second kappa shape index (κ2) is 7.73. The summed E-state index contributed by atoms with van der Waals surface area (Å²) in [5.74, 6) is -0.0694. The molecule has 2 rings (SSSR count). The number of hydrogen-bond acceptors (Lipinski definition) is 5. The van der Waals surface area contributed by atoms with Gasteiger partial charge in [0.05, 0.1) is 11.7 Å². The smallest absolute Gasteiger partial charge is 0.346 e. The summed E-state index contributed by atoms with van der Waals surface area (Å²) in [4.78, 5) is 16.9. The number of amides is 1. The van der Waals surface area contributed by atoms with E-state index >= 15 is 0 Å². The second-order valence-corrected chi connectivity index (χ2v) is 9.13. The van der Waals surface area contributed by atoms with E-state index in [-0.39, 0.29) is 17.6 Å². The van der Waals surface area contributed by atoms with Crippen molar-refractivity contribution in [3.63, 3.8) is 0 Å². The molecule has 1 atom stereocenters. The van der Waals surface area contributed by atoms with Gasteiger partial charge in [0.25, 0.3) is 0 Å². The summed E-state index contributed by atoms with van der Waals surface area (Å²) >= 11 is 1.49. The summed E-state index contributed by atoms with van der Waals surface area (Å²) in [5, 5.41) is 5.80. The molecule has 2 aromatic rings. The molecule has 9 heteroatoms. The Kier molecular flexibility index (Phi) is 6.05. The van der Waals surface area contributed by atoms with Crippen molar-refractivity contribution in [2.24, 2.45) is 5.41 Å². The molecule has 1 heterocycles. The van der Waals surface area contributed by atoms with Gasteiger partial charge in [-0.25, -0.2) is 4.98 Å². The topological polar surface area (TPSA) is 108 Å². The van der Waals surface area contributed by atoms with Crippen LogP contribution in [0.4, 0.5) is 5.69 Å². The van der Waals surface area contributed by atoms with Crippen molar-refractivity contribution in [3.05, 3.63) is 45.9 Å². The molecule has 0 saturated carbocycles. The molecule has 1 aromatic heterocycles. The van der Waals surface area contributed by atoms with Crippen LogP contribution >= 0.6 is 11.3 Å². The van der Waals surface area contributed by atoms with Crippen LogP contribution in [-0.4, -0.2) is 23.9 Å². The Labute approximate surface area is 157 Å². The third kappa shape index (κ3) is 6.08. The number of carbonyl (C=O) groups excluding carboxylic acids is 1. The summed E-state index contributed by atoms with van der Waals surface area (Å²) in [5.41, 5.74) is 1.54. The van der Waals surface area contributed by atoms with Crippen LogP contribution in [0.15, 0.2) is 29.6 Å². The van der Waals surface area contributed by atoms with E-state index in [1.807, 2.05) is 37.8 Å².